The number of aromatic nitrogens is 2. The highest BCUT2D eigenvalue weighted by atomic mass is 16.5. The van der Waals surface area contributed by atoms with Crippen LogP contribution in [0.1, 0.15) is 43.2 Å². The molecule has 0 amide bonds. The molecule has 0 spiro atoms. The summed E-state index contributed by atoms with van der Waals surface area (Å²) in [5, 5.41) is 6.48. The molecule has 2 heterocycles. The smallest absolute Gasteiger partial charge is 0.224 e. The summed E-state index contributed by atoms with van der Waals surface area (Å²) in [5.74, 6) is 4.15. The molecule has 2 N–H and O–H groups in total. The second kappa shape index (κ2) is 11.7. The maximum absolute atomic E-state index is 6.00. The third-order valence-corrected chi connectivity index (χ3v) is 4.59. The van der Waals surface area contributed by atoms with Gasteiger partial charge in [-0.05, 0) is 57.5 Å². The normalized spacial score (nSPS) is 11.3. The number of hydrogen-bond donors (Lipinski definition) is 2. The average Bonchev–Trinajstić information content (AvgIpc) is 3.13. The Balaban J connectivity index is 1.65. The van der Waals surface area contributed by atoms with Crippen LogP contribution >= 0.6 is 0 Å². The van der Waals surface area contributed by atoms with E-state index in [4.69, 9.17) is 13.9 Å². The second-order valence-corrected chi connectivity index (χ2v) is 7.19. The first-order valence-corrected chi connectivity index (χ1v) is 10.9. The molecule has 0 atom stereocenters. The highest BCUT2D eigenvalue weighted by molar-refractivity contribution is 5.79. The summed E-state index contributed by atoms with van der Waals surface area (Å²) in [6.07, 6.45) is 2.68. The first kappa shape index (κ1) is 23.1. The topological polar surface area (TPSA) is 93.8 Å². The number of guanidine groups is 1. The lowest BCUT2D eigenvalue weighted by Crippen LogP contribution is -2.36. The maximum atomic E-state index is 6.00. The van der Waals surface area contributed by atoms with Crippen LogP contribution in [0.15, 0.2) is 52.0 Å². The molecule has 3 aromatic rings. The van der Waals surface area contributed by atoms with E-state index in [1.807, 2.05) is 57.2 Å². The fourth-order valence-corrected chi connectivity index (χ4v) is 2.85. The molecule has 0 saturated heterocycles. The van der Waals surface area contributed by atoms with E-state index in [1.165, 1.54) is 0 Å². The van der Waals surface area contributed by atoms with Crippen LogP contribution in [0, 0.1) is 13.8 Å². The zero-order valence-corrected chi connectivity index (χ0v) is 19.1. The van der Waals surface area contributed by atoms with Gasteiger partial charge < -0.3 is 24.5 Å². The van der Waals surface area contributed by atoms with Crippen molar-refractivity contribution in [2.24, 2.45) is 4.99 Å². The molecular weight excluding hydrogens is 406 g/mol. The summed E-state index contributed by atoms with van der Waals surface area (Å²) in [7, 11) is 0. The van der Waals surface area contributed by atoms with E-state index in [1.54, 1.807) is 6.20 Å². The molecule has 8 nitrogen and oxygen atoms in total. The number of aliphatic imine (C=N–C) groups is 1. The maximum Gasteiger partial charge on any atom is 0.224 e. The summed E-state index contributed by atoms with van der Waals surface area (Å²) in [6, 6.07) is 11.4. The Morgan fingerprint density at radius 3 is 2.53 bits per heavy atom. The zero-order valence-electron chi connectivity index (χ0n) is 19.1. The molecule has 0 bridgehead atoms. The van der Waals surface area contributed by atoms with Gasteiger partial charge in [0.15, 0.2) is 5.96 Å². The van der Waals surface area contributed by atoms with E-state index >= 15 is 0 Å². The Morgan fingerprint density at radius 1 is 1.06 bits per heavy atom. The zero-order chi connectivity index (χ0) is 22.8. The Labute approximate surface area is 189 Å². The Morgan fingerprint density at radius 2 is 1.84 bits per heavy atom. The van der Waals surface area contributed by atoms with Crippen LogP contribution in [-0.2, 0) is 13.1 Å². The number of aryl methyl sites for hydroxylation is 2. The fraction of sp³-hybridized carbons (Fsp3) is 0.375. The van der Waals surface area contributed by atoms with E-state index in [0.717, 1.165) is 35.7 Å². The monoisotopic (exact) mass is 437 g/mol. The molecule has 2 aromatic heterocycles. The van der Waals surface area contributed by atoms with Crippen LogP contribution in [0.2, 0.25) is 0 Å². The van der Waals surface area contributed by atoms with Gasteiger partial charge in [0.2, 0.25) is 11.8 Å². The van der Waals surface area contributed by atoms with Crippen molar-refractivity contribution in [1.82, 2.24) is 20.6 Å². The molecular formula is C24H31N5O3. The summed E-state index contributed by atoms with van der Waals surface area (Å²) in [5.41, 5.74) is 1.77. The molecule has 0 aliphatic carbocycles. The van der Waals surface area contributed by atoms with Crippen LogP contribution in [0.3, 0.4) is 0 Å². The SMILES string of the molecule is CCCOc1ccc(Oc2ncccc2CN=C(NCC)NCc2nc(C)c(C)o2)cc1. The lowest BCUT2D eigenvalue weighted by atomic mass is 10.2. The predicted molar refractivity (Wildman–Crippen MR) is 124 cm³/mol. The van der Waals surface area contributed by atoms with Crippen LogP contribution in [0.4, 0.5) is 0 Å². The Kier molecular flexibility index (Phi) is 8.48. The summed E-state index contributed by atoms with van der Waals surface area (Å²) < 4.78 is 17.3. The second-order valence-electron chi connectivity index (χ2n) is 7.19. The molecule has 0 saturated carbocycles. The highest BCUT2D eigenvalue weighted by Crippen LogP contribution is 2.25. The summed E-state index contributed by atoms with van der Waals surface area (Å²) in [4.78, 5) is 13.4. The molecule has 1 aromatic carbocycles. The third-order valence-electron chi connectivity index (χ3n) is 4.59. The molecule has 0 aliphatic heterocycles. The van der Waals surface area contributed by atoms with Gasteiger partial charge in [-0.1, -0.05) is 13.0 Å². The largest absolute Gasteiger partial charge is 0.494 e. The van der Waals surface area contributed by atoms with Gasteiger partial charge in [0.25, 0.3) is 0 Å². The number of ether oxygens (including phenoxy) is 2. The molecule has 0 fully saturated rings. The minimum Gasteiger partial charge on any atom is -0.494 e. The van der Waals surface area contributed by atoms with E-state index in [9.17, 15) is 0 Å². The van der Waals surface area contributed by atoms with Gasteiger partial charge in [0.1, 0.15) is 17.3 Å². The fourth-order valence-electron chi connectivity index (χ4n) is 2.85. The van der Waals surface area contributed by atoms with Crippen molar-refractivity contribution in [1.29, 1.82) is 0 Å². The first-order valence-electron chi connectivity index (χ1n) is 10.9. The van der Waals surface area contributed by atoms with Crippen molar-refractivity contribution in [3.63, 3.8) is 0 Å². The third kappa shape index (κ3) is 6.73. The van der Waals surface area contributed by atoms with Crippen molar-refractivity contribution in [2.75, 3.05) is 13.2 Å². The number of nitrogens with one attached hydrogen (secondary N) is 2. The van der Waals surface area contributed by atoms with Gasteiger partial charge in [-0.2, -0.15) is 0 Å². The van der Waals surface area contributed by atoms with Gasteiger partial charge >= 0.3 is 0 Å². The summed E-state index contributed by atoms with van der Waals surface area (Å²) in [6.45, 7) is 10.2. The quantitative estimate of drug-likeness (QED) is 0.356. The molecule has 0 aliphatic rings. The van der Waals surface area contributed by atoms with Gasteiger partial charge in [-0.3, -0.25) is 0 Å². The van der Waals surface area contributed by atoms with Crippen molar-refractivity contribution >= 4 is 5.96 Å². The van der Waals surface area contributed by atoms with Crippen molar-refractivity contribution in [3.8, 4) is 17.4 Å². The number of benzene rings is 1. The van der Waals surface area contributed by atoms with Crippen LogP contribution in [0.25, 0.3) is 0 Å². The van der Waals surface area contributed by atoms with Crippen molar-refractivity contribution < 1.29 is 13.9 Å². The predicted octanol–water partition coefficient (Wildman–Crippen LogP) is 4.52. The van der Waals surface area contributed by atoms with E-state index < -0.39 is 0 Å². The number of rotatable bonds is 10. The minimum atomic E-state index is 0.403. The molecule has 0 unspecified atom stereocenters. The molecule has 32 heavy (non-hydrogen) atoms. The number of oxazole rings is 1. The number of hydrogen-bond acceptors (Lipinski definition) is 6. The Bertz CT molecular complexity index is 995. The van der Waals surface area contributed by atoms with Crippen molar-refractivity contribution in [2.45, 2.75) is 47.2 Å². The van der Waals surface area contributed by atoms with E-state index in [2.05, 4.69) is 32.5 Å². The first-order chi connectivity index (χ1) is 15.6. The van der Waals surface area contributed by atoms with E-state index in [-0.39, 0.29) is 0 Å². The van der Waals surface area contributed by atoms with Gasteiger partial charge in [-0.15, -0.1) is 0 Å². The Hall–Kier alpha value is -3.55. The molecule has 3 rings (SSSR count). The molecule has 170 valence electrons. The van der Waals surface area contributed by atoms with Crippen LogP contribution < -0.4 is 20.1 Å². The standard InChI is InChI=1S/C24H31N5O3/c1-5-14-30-20-9-11-21(12-10-20)32-23-19(8-7-13-26-23)15-27-24(25-6-2)28-16-22-29-17(3)18(4)31-22/h7-13H,5-6,14-16H2,1-4H3,(H2,25,27,28). The number of nitrogens with zero attached hydrogens (tertiary/aromatic N) is 3. The highest BCUT2D eigenvalue weighted by Gasteiger charge is 2.09. The van der Waals surface area contributed by atoms with Gasteiger partial charge in [0.05, 0.1) is 25.4 Å². The van der Waals surface area contributed by atoms with Gasteiger partial charge in [-0.25, -0.2) is 15.0 Å². The van der Waals surface area contributed by atoms with Gasteiger partial charge in [0, 0.05) is 18.3 Å². The average molecular weight is 438 g/mol. The summed E-state index contributed by atoms with van der Waals surface area (Å²) >= 11 is 0. The molecule has 8 heteroatoms. The van der Waals surface area contributed by atoms with E-state index in [0.29, 0.717) is 43.2 Å². The van der Waals surface area contributed by atoms with Crippen LogP contribution in [-0.4, -0.2) is 29.1 Å². The number of pyridine rings is 1. The lowest BCUT2D eigenvalue weighted by molar-refractivity contribution is 0.317. The minimum absolute atomic E-state index is 0.403. The lowest BCUT2D eigenvalue weighted by Gasteiger charge is -2.12. The van der Waals surface area contributed by atoms with Crippen LogP contribution in [0.5, 0.6) is 17.4 Å². The molecule has 0 radical (unpaired) electrons. The van der Waals surface area contributed by atoms with Crippen molar-refractivity contribution in [3.05, 3.63) is 65.5 Å².